The molecule has 0 radical (unpaired) electrons. The average Bonchev–Trinajstić information content (AvgIpc) is 3.20. The summed E-state index contributed by atoms with van der Waals surface area (Å²) in [5.74, 6) is -0.536. The van der Waals surface area contributed by atoms with Crippen molar-refractivity contribution in [1.29, 1.82) is 0 Å². The van der Waals surface area contributed by atoms with E-state index in [1.165, 1.54) is 12.1 Å². The van der Waals surface area contributed by atoms with Crippen molar-refractivity contribution in [1.82, 2.24) is 4.72 Å². The molecule has 1 aliphatic carbocycles. The molecular formula is C27H26F3NO4S. The van der Waals surface area contributed by atoms with Crippen molar-refractivity contribution < 1.29 is 31.1 Å². The van der Waals surface area contributed by atoms with E-state index in [0.717, 1.165) is 22.8 Å². The zero-order valence-electron chi connectivity index (χ0n) is 18.5. The predicted molar refractivity (Wildman–Crippen MR) is 131 cm³/mol. The van der Waals surface area contributed by atoms with Crippen LogP contribution in [-0.2, 0) is 27.4 Å². The largest absolute Gasteiger partial charge is 0.486 e. The number of alkyl halides is 3. The lowest BCUT2D eigenvalue weighted by Gasteiger charge is -2.23. The third-order valence-corrected chi connectivity index (χ3v) is 7.87. The van der Waals surface area contributed by atoms with Gasteiger partial charge < -0.3 is 4.74 Å². The van der Waals surface area contributed by atoms with Crippen molar-refractivity contribution in [2.45, 2.75) is 44.9 Å². The second-order valence-electron chi connectivity index (χ2n) is 8.84. The Kier molecular flexibility index (Phi) is 6.88. The quantitative estimate of drug-likeness (QED) is 0.460. The summed E-state index contributed by atoms with van der Waals surface area (Å²) in [6, 6.07) is 17.9. The molecule has 1 fully saturated rings. The highest BCUT2D eigenvalue weighted by atomic mass is 32.2. The Bertz CT molecular complexity index is 1380. The number of ether oxygens (including phenoxy) is 1. The Morgan fingerprint density at radius 3 is 2.31 bits per heavy atom. The minimum atomic E-state index is -4.45. The SMILES string of the molecule is C.O=C1CC(c2ccc(O[C@@H]3CCc4c(-c5ccccc5C(F)(F)F)cccc43)cc2)CS(=O)(=O)N1. The fourth-order valence-corrected chi connectivity index (χ4v) is 6.31. The molecule has 1 amide bonds. The van der Waals surface area contributed by atoms with E-state index in [1.807, 2.05) is 10.8 Å². The van der Waals surface area contributed by atoms with Crippen LogP contribution >= 0.6 is 0 Å². The van der Waals surface area contributed by atoms with Gasteiger partial charge in [0, 0.05) is 12.3 Å². The second kappa shape index (κ2) is 9.61. The van der Waals surface area contributed by atoms with Crippen molar-refractivity contribution in [2.24, 2.45) is 0 Å². The van der Waals surface area contributed by atoms with Crippen LogP contribution in [0.1, 0.15) is 54.5 Å². The van der Waals surface area contributed by atoms with Crippen molar-refractivity contribution in [3.8, 4) is 16.9 Å². The van der Waals surface area contributed by atoms with Crippen molar-refractivity contribution in [3.63, 3.8) is 0 Å². The highest BCUT2D eigenvalue weighted by molar-refractivity contribution is 7.90. The number of benzene rings is 3. The third kappa shape index (κ3) is 5.11. The van der Waals surface area contributed by atoms with E-state index >= 15 is 0 Å². The summed E-state index contributed by atoms with van der Waals surface area (Å²) in [5, 5.41) is 0. The summed E-state index contributed by atoms with van der Waals surface area (Å²) in [5.41, 5.74) is 2.50. The number of rotatable bonds is 4. The minimum absolute atomic E-state index is 0. The molecule has 0 spiro atoms. The van der Waals surface area contributed by atoms with E-state index in [4.69, 9.17) is 4.74 Å². The first kappa shape index (κ1) is 25.8. The van der Waals surface area contributed by atoms with E-state index in [1.54, 1.807) is 42.5 Å². The van der Waals surface area contributed by atoms with Gasteiger partial charge in [-0.05, 0) is 58.9 Å². The molecule has 2 atom stereocenters. The molecule has 1 heterocycles. The molecule has 0 bridgehead atoms. The van der Waals surface area contributed by atoms with Crippen LogP contribution in [0, 0.1) is 0 Å². The summed E-state index contributed by atoms with van der Waals surface area (Å²) < 4.78 is 72.7. The summed E-state index contributed by atoms with van der Waals surface area (Å²) >= 11 is 0. The zero-order valence-corrected chi connectivity index (χ0v) is 19.3. The number of nitrogens with one attached hydrogen (secondary N) is 1. The van der Waals surface area contributed by atoms with Crippen LogP contribution in [0.15, 0.2) is 66.7 Å². The summed E-state index contributed by atoms with van der Waals surface area (Å²) in [6.45, 7) is 0. The molecule has 9 heteroatoms. The molecule has 0 saturated carbocycles. The highest BCUT2D eigenvalue weighted by Crippen LogP contribution is 2.43. The average molecular weight is 518 g/mol. The van der Waals surface area contributed by atoms with Crippen molar-refractivity contribution in [2.75, 3.05) is 5.75 Å². The molecule has 36 heavy (non-hydrogen) atoms. The lowest BCUT2D eigenvalue weighted by atomic mass is 9.93. The van der Waals surface area contributed by atoms with E-state index < -0.39 is 33.6 Å². The lowest BCUT2D eigenvalue weighted by Crippen LogP contribution is -2.40. The standard InChI is InChI=1S/C26H22F3NO4S.CH4/c27-26(28,29)23-7-2-1-4-21(23)19-5-3-6-22-20(19)12-13-24(22)34-18-10-8-16(9-11-18)17-14-25(31)30-35(32,33)15-17;/h1-11,17,24H,12-15H2,(H,30,31);1H4/t17?,24-;/m1./s1. The van der Waals surface area contributed by atoms with Gasteiger partial charge in [-0.25, -0.2) is 8.42 Å². The van der Waals surface area contributed by atoms with Gasteiger partial charge in [-0.2, -0.15) is 13.2 Å². The number of hydrogen-bond donors (Lipinski definition) is 1. The van der Waals surface area contributed by atoms with E-state index in [0.29, 0.717) is 24.2 Å². The van der Waals surface area contributed by atoms with Crippen molar-refractivity contribution in [3.05, 3.63) is 89.0 Å². The Morgan fingerprint density at radius 1 is 0.917 bits per heavy atom. The van der Waals surface area contributed by atoms with E-state index in [-0.39, 0.29) is 31.3 Å². The Labute approximate surface area is 208 Å². The predicted octanol–water partition coefficient (Wildman–Crippen LogP) is 6.01. The number of amides is 1. The maximum Gasteiger partial charge on any atom is 0.417 e. The number of fused-ring (bicyclic) bond motifs is 1. The first-order valence-corrected chi connectivity index (χ1v) is 12.8. The number of halogens is 3. The summed E-state index contributed by atoms with van der Waals surface area (Å²) in [6.07, 6.45) is -3.45. The Balaban J connectivity index is 0.00000304. The maximum atomic E-state index is 13.6. The smallest absolute Gasteiger partial charge is 0.417 e. The van der Waals surface area contributed by atoms with Crippen LogP contribution < -0.4 is 9.46 Å². The summed E-state index contributed by atoms with van der Waals surface area (Å²) in [4.78, 5) is 11.7. The summed E-state index contributed by atoms with van der Waals surface area (Å²) in [7, 11) is -3.63. The van der Waals surface area contributed by atoms with Gasteiger partial charge in [-0.3, -0.25) is 9.52 Å². The van der Waals surface area contributed by atoms with Gasteiger partial charge in [0.2, 0.25) is 15.9 Å². The maximum absolute atomic E-state index is 13.6. The van der Waals surface area contributed by atoms with Crippen molar-refractivity contribution >= 4 is 15.9 Å². The van der Waals surface area contributed by atoms with Crippen LogP contribution in [0.3, 0.4) is 0 Å². The molecule has 0 aromatic heterocycles. The molecule has 1 N–H and O–H groups in total. The molecule has 190 valence electrons. The number of carbonyl (C=O) groups excluding carboxylic acids is 1. The molecule has 5 rings (SSSR count). The van der Waals surface area contributed by atoms with Crippen LogP contribution in [0.5, 0.6) is 5.75 Å². The van der Waals surface area contributed by atoms with Gasteiger partial charge in [-0.15, -0.1) is 0 Å². The number of sulfonamides is 1. The number of carbonyl (C=O) groups is 1. The molecular weight excluding hydrogens is 491 g/mol. The first-order chi connectivity index (χ1) is 16.6. The third-order valence-electron chi connectivity index (χ3n) is 6.49. The first-order valence-electron chi connectivity index (χ1n) is 11.2. The van der Waals surface area contributed by atoms with Crippen LogP contribution in [-0.4, -0.2) is 20.1 Å². The minimum Gasteiger partial charge on any atom is -0.486 e. The monoisotopic (exact) mass is 517 g/mol. The van der Waals surface area contributed by atoms with Gasteiger partial charge in [0.05, 0.1) is 11.3 Å². The molecule has 3 aromatic rings. The fourth-order valence-electron chi connectivity index (χ4n) is 4.96. The molecule has 5 nitrogen and oxygen atoms in total. The molecule has 2 aliphatic rings. The molecule has 1 saturated heterocycles. The fraction of sp³-hybridized carbons (Fsp3) is 0.296. The van der Waals surface area contributed by atoms with Crippen LogP contribution in [0.2, 0.25) is 0 Å². The van der Waals surface area contributed by atoms with E-state index in [2.05, 4.69) is 0 Å². The topological polar surface area (TPSA) is 72.5 Å². The molecule has 1 aliphatic heterocycles. The van der Waals surface area contributed by atoms with Crippen LogP contribution in [0.25, 0.3) is 11.1 Å². The second-order valence-corrected chi connectivity index (χ2v) is 10.6. The Morgan fingerprint density at radius 2 is 1.61 bits per heavy atom. The zero-order chi connectivity index (χ0) is 24.8. The van der Waals surface area contributed by atoms with E-state index in [9.17, 15) is 26.4 Å². The molecule has 1 unspecified atom stereocenters. The molecule has 3 aromatic carbocycles. The lowest BCUT2D eigenvalue weighted by molar-refractivity contribution is -0.137. The van der Waals surface area contributed by atoms with Gasteiger partial charge in [0.1, 0.15) is 11.9 Å². The van der Waals surface area contributed by atoms with Crippen LogP contribution in [0.4, 0.5) is 13.2 Å². The Hall–Kier alpha value is -3.33. The normalized spacial score (nSPS) is 20.7. The van der Waals surface area contributed by atoms with Gasteiger partial charge in [0.25, 0.3) is 0 Å². The van der Waals surface area contributed by atoms with Gasteiger partial charge >= 0.3 is 6.18 Å². The van der Waals surface area contributed by atoms with Gasteiger partial charge in [-0.1, -0.05) is 56.0 Å². The number of hydrogen-bond acceptors (Lipinski definition) is 4. The van der Waals surface area contributed by atoms with Gasteiger partial charge in [0.15, 0.2) is 0 Å². The highest BCUT2D eigenvalue weighted by Gasteiger charge is 2.35.